The summed E-state index contributed by atoms with van der Waals surface area (Å²) in [5.41, 5.74) is 0.220. The molecule has 0 saturated carbocycles. The maximum Gasteiger partial charge on any atom is 0.335 e. The average Bonchev–Trinajstić information content (AvgIpc) is 2.97. The fraction of sp³-hybridized carbons (Fsp3) is 0.526. The smallest absolute Gasteiger partial charge is 0.335 e. The number of carbonyl (C=O) groups is 3. The Kier molecular flexibility index (Phi) is 5.10. The number of methoxy groups -OCH3 is 1. The number of likely N-dealkylation sites (N-methyl/N-ethyl adjacent to an activating group) is 1. The minimum atomic E-state index is -1.12. The number of carboxylic acid groups (broad SMARTS) is 2. The number of hydrogen-bond acceptors (Lipinski definition) is 5. The molecule has 1 aromatic rings. The molecule has 3 rings (SSSR count). The van der Waals surface area contributed by atoms with Crippen LogP contribution in [-0.2, 0) is 4.79 Å². The van der Waals surface area contributed by atoms with Crippen LogP contribution in [0.25, 0.3) is 0 Å². The summed E-state index contributed by atoms with van der Waals surface area (Å²) < 4.78 is 5.11. The van der Waals surface area contributed by atoms with Crippen LogP contribution < -0.4 is 4.74 Å². The largest absolute Gasteiger partial charge is 0.497 e. The van der Waals surface area contributed by atoms with Crippen molar-refractivity contribution < 1.29 is 29.3 Å². The lowest BCUT2D eigenvalue weighted by atomic mass is 9.76. The number of rotatable bonds is 4. The summed E-state index contributed by atoms with van der Waals surface area (Å²) in [6.07, 6.45) is 2.08. The molecule has 1 unspecified atom stereocenters. The SMILES string of the molecule is COc1cc(C(=O)O)cc(C(=O)N2CCC3(CC2)CC(C(=O)O)N(C)C3)c1. The van der Waals surface area contributed by atoms with Crippen molar-refractivity contribution in [3.63, 3.8) is 0 Å². The second-order valence-electron chi connectivity index (χ2n) is 7.52. The lowest BCUT2D eigenvalue weighted by Crippen LogP contribution is -2.44. The van der Waals surface area contributed by atoms with Crippen LogP contribution in [-0.4, -0.2) is 77.7 Å². The Hall–Kier alpha value is -2.61. The summed E-state index contributed by atoms with van der Waals surface area (Å²) in [5.74, 6) is -1.82. The van der Waals surface area contributed by atoms with E-state index >= 15 is 0 Å². The first kappa shape index (κ1) is 19.2. The number of aliphatic carboxylic acids is 1. The minimum absolute atomic E-state index is 0.00731. The molecule has 2 aliphatic rings. The van der Waals surface area contributed by atoms with Crippen LogP contribution in [0, 0.1) is 5.41 Å². The van der Waals surface area contributed by atoms with Crippen LogP contribution >= 0.6 is 0 Å². The molecule has 1 aromatic carbocycles. The number of nitrogens with zero attached hydrogens (tertiary/aromatic N) is 2. The standard InChI is InChI=1S/C19H24N2O6/c1-20-11-19(10-15(20)18(25)26)3-5-21(6-4-19)16(22)12-7-13(17(23)24)9-14(8-12)27-2/h7-9,15H,3-6,10-11H2,1-2H3,(H,23,24)(H,25,26). The number of benzene rings is 1. The Morgan fingerprint density at radius 2 is 1.74 bits per heavy atom. The van der Waals surface area contributed by atoms with Crippen molar-refractivity contribution in [3.05, 3.63) is 29.3 Å². The molecule has 1 spiro atoms. The van der Waals surface area contributed by atoms with Gasteiger partial charge in [-0.15, -0.1) is 0 Å². The first-order valence-corrected chi connectivity index (χ1v) is 8.89. The number of hydrogen-bond donors (Lipinski definition) is 2. The molecule has 0 aromatic heterocycles. The number of likely N-dealkylation sites (tertiary alicyclic amines) is 2. The number of piperidine rings is 1. The summed E-state index contributed by atoms with van der Waals surface area (Å²) in [4.78, 5) is 39.1. The van der Waals surface area contributed by atoms with Crippen molar-refractivity contribution in [1.82, 2.24) is 9.80 Å². The third-order valence-corrected chi connectivity index (χ3v) is 5.78. The van der Waals surface area contributed by atoms with E-state index in [1.807, 2.05) is 11.9 Å². The molecule has 2 N–H and O–H groups in total. The number of carboxylic acids is 2. The summed E-state index contributed by atoms with van der Waals surface area (Å²) in [6.45, 7) is 1.77. The number of amides is 1. The molecule has 2 aliphatic heterocycles. The molecule has 146 valence electrons. The lowest BCUT2D eigenvalue weighted by Gasteiger charge is -2.39. The van der Waals surface area contributed by atoms with E-state index in [-0.39, 0.29) is 22.4 Å². The zero-order valence-electron chi connectivity index (χ0n) is 15.5. The van der Waals surface area contributed by atoms with E-state index < -0.39 is 18.0 Å². The molecule has 8 nitrogen and oxygen atoms in total. The van der Waals surface area contributed by atoms with Crippen molar-refractivity contribution in [2.45, 2.75) is 25.3 Å². The van der Waals surface area contributed by atoms with Crippen LogP contribution in [0.2, 0.25) is 0 Å². The highest BCUT2D eigenvalue weighted by Crippen LogP contribution is 2.43. The highest BCUT2D eigenvalue weighted by molar-refractivity contribution is 5.98. The fourth-order valence-electron chi connectivity index (χ4n) is 4.24. The van der Waals surface area contributed by atoms with Gasteiger partial charge >= 0.3 is 11.9 Å². The van der Waals surface area contributed by atoms with Crippen LogP contribution in [0.3, 0.4) is 0 Å². The molecule has 0 radical (unpaired) electrons. The highest BCUT2D eigenvalue weighted by atomic mass is 16.5. The Balaban J connectivity index is 1.72. The second kappa shape index (κ2) is 7.19. The number of carbonyl (C=O) groups excluding carboxylic acids is 1. The molecular formula is C19H24N2O6. The molecule has 1 amide bonds. The third-order valence-electron chi connectivity index (χ3n) is 5.78. The van der Waals surface area contributed by atoms with Crippen molar-refractivity contribution >= 4 is 17.8 Å². The molecule has 8 heteroatoms. The van der Waals surface area contributed by atoms with Gasteiger partial charge in [0.15, 0.2) is 0 Å². The molecule has 2 fully saturated rings. The van der Waals surface area contributed by atoms with Gasteiger partial charge in [0, 0.05) is 25.2 Å². The molecule has 2 saturated heterocycles. The van der Waals surface area contributed by atoms with E-state index in [1.165, 1.54) is 19.2 Å². The molecule has 0 aliphatic carbocycles. The first-order chi connectivity index (χ1) is 12.7. The topological polar surface area (TPSA) is 107 Å². The maximum absolute atomic E-state index is 12.9. The summed E-state index contributed by atoms with van der Waals surface area (Å²) in [5, 5.41) is 18.6. The lowest BCUT2D eigenvalue weighted by molar-refractivity contribution is -0.141. The van der Waals surface area contributed by atoms with Gasteiger partial charge in [0.2, 0.25) is 0 Å². The van der Waals surface area contributed by atoms with E-state index in [1.54, 1.807) is 11.0 Å². The van der Waals surface area contributed by atoms with Gasteiger partial charge in [0.25, 0.3) is 5.91 Å². The molecule has 2 heterocycles. The van der Waals surface area contributed by atoms with E-state index in [9.17, 15) is 24.6 Å². The van der Waals surface area contributed by atoms with Gasteiger partial charge in [-0.3, -0.25) is 14.5 Å². The maximum atomic E-state index is 12.9. The van der Waals surface area contributed by atoms with Crippen LogP contribution in [0.5, 0.6) is 5.75 Å². The predicted octanol–water partition coefficient (Wildman–Crippen LogP) is 1.40. The Morgan fingerprint density at radius 1 is 1.11 bits per heavy atom. The number of aromatic carboxylic acids is 1. The van der Waals surface area contributed by atoms with Crippen LogP contribution in [0.4, 0.5) is 0 Å². The van der Waals surface area contributed by atoms with E-state index in [0.29, 0.717) is 31.8 Å². The first-order valence-electron chi connectivity index (χ1n) is 8.89. The summed E-state index contributed by atoms with van der Waals surface area (Å²) in [7, 11) is 3.25. The van der Waals surface area contributed by atoms with Crippen LogP contribution in [0.1, 0.15) is 40.0 Å². The van der Waals surface area contributed by atoms with E-state index in [0.717, 1.165) is 12.8 Å². The Labute approximate surface area is 157 Å². The predicted molar refractivity (Wildman–Crippen MR) is 96.2 cm³/mol. The van der Waals surface area contributed by atoms with Crippen molar-refractivity contribution in [2.24, 2.45) is 5.41 Å². The Morgan fingerprint density at radius 3 is 2.26 bits per heavy atom. The molecular weight excluding hydrogens is 352 g/mol. The second-order valence-corrected chi connectivity index (χ2v) is 7.52. The van der Waals surface area contributed by atoms with Gasteiger partial charge in [0.1, 0.15) is 11.8 Å². The quantitative estimate of drug-likeness (QED) is 0.818. The van der Waals surface area contributed by atoms with Gasteiger partial charge in [-0.1, -0.05) is 0 Å². The third kappa shape index (κ3) is 3.75. The van der Waals surface area contributed by atoms with Gasteiger partial charge in [-0.25, -0.2) is 4.79 Å². The molecule has 27 heavy (non-hydrogen) atoms. The normalized spacial score (nSPS) is 22.0. The minimum Gasteiger partial charge on any atom is -0.497 e. The summed E-state index contributed by atoms with van der Waals surface area (Å²) in [6, 6.07) is 3.82. The van der Waals surface area contributed by atoms with Gasteiger partial charge in [-0.2, -0.15) is 0 Å². The van der Waals surface area contributed by atoms with Crippen molar-refractivity contribution in [3.8, 4) is 5.75 Å². The van der Waals surface area contributed by atoms with Crippen molar-refractivity contribution in [1.29, 1.82) is 0 Å². The zero-order valence-corrected chi connectivity index (χ0v) is 15.5. The average molecular weight is 376 g/mol. The molecule has 0 bridgehead atoms. The van der Waals surface area contributed by atoms with Gasteiger partial charge < -0.3 is 19.8 Å². The van der Waals surface area contributed by atoms with Crippen LogP contribution in [0.15, 0.2) is 18.2 Å². The van der Waals surface area contributed by atoms with E-state index in [4.69, 9.17) is 4.74 Å². The number of ether oxygens (including phenoxy) is 1. The van der Waals surface area contributed by atoms with Crippen molar-refractivity contribution in [2.75, 3.05) is 33.8 Å². The zero-order chi connectivity index (χ0) is 19.8. The molecule has 1 atom stereocenters. The van der Waals surface area contributed by atoms with E-state index in [2.05, 4.69) is 0 Å². The van der Waals surface area contributed by atoms with Gasteiger partial charge in [0.05, 0.1) is 12.7 Å². The summed E-state index contributed by atoms with van der Waals surface area (Å²) >= 11 is 0. The van der Waals surface area contributed by atoms with Gasteiger partial charge in [-0.05, 0) is 49.9 Å². The Bertz CT molecular complexity index is 769. The fourth-order valence-corrected chi connectivity index (χ4v) is 4.24. The monoisotopic (exact) mass is 376 g/mol. The highest BCUT2D eigenvalue weighted by Gasteiger charge is 2.47.